The van der Waals surface area contributed by atoms with Gasteiger partial charge in [-0.25, -0.2) is 8.42 Å². The number of sulfone groups is 1. The number of ether oxygens (including phenoxy) is 2. The molecule has 1 aromatic heterocycles. The van der Waals surface area contributed by atoms with E-state index in [1.807, 2.05) is 26.0 Å². The Kier molecular flexibility index (Phi) is 12.2. The van der Waals surface area contributed by atoms with Gasteiger partial charge in [-0.1, -0.05) is 54.1 Å². The van der Waals surface area contributed by atoms with E-state index in [0.29, 0.717) is 22.9 Å². The van der Waals surface area contributed by atoms with Crippen LogP contribution in [0.2, 0.25) is 5.15 Å². The average molecular weight is 720 g/mol. The minimum atomic E-state index is -3.69. The molecular weight excluding hydrogens is 674 g/mol. The van der Waals surface area contributed by atoms with Crippen LogP contribution in [0, 0.1) is 6.92 Å². The van der Waals surface area contributed by atoms with E-state index in [1.54, 1.807) is 63.4 Å². The summed E-state index contributed by atoms with van der Waals surface area (Å²) in [6.07, 6.45) is 1.97. The molecule has 3 aromatic carbocycles. The molecule has 2 heterocycles. The van der Waals surface area contributed by atoms with Crippen LogP contribution in [0.4, 0.5) is 23.1 Å². The second-order valence-electron chi connectivity index (χ2n) is 13.1. The number of hydrogen-bond donors (Lipinski definition) is 2. The van der Waals surface area contributed by atoms with Crippen molar-refractivity contribution in [3.63, 3.8) is 0 Å². The number of para-hydroxylation sites is 1. The lowest BCUT2D eigenvalue weighted by atomic mass is 9.86. The number of carbonyl (C=O) groups is 1. The molecule has 0 amide bonds. The Morgan fingerprint density at radius 2 is 1.64 bits per heavy atom. The number of benzene rings is 3. The van der Waals surface area contributed by atoms with Crippen molar-refractivity contribution in [2.75, 3.05) is 44.0 Å². The van der Waals surface area contributed by atoms with Crippen molar-refractivity contribution < 1.29 is 22.7 Å². The number of halogens is 1. The summed E-state index contributed by atoms with van der Waals surface area (Å²) in [4.78, 5) is 25.6. The van der Waals surface area contributed by atoms with E-state index in [2.05, 4.69) is 33.5 Å². The maximum atomic E-state index is 13.8. The normalized spacial score (nSPS) is 14.3. The van der Waals surface area contributed by atoms with Crippen LogP contribution in [-0.2, 0) is 14.6 Å². The van der Waals surface area contributed by atoms with Crippen LogP contribution in [0.15, 0.2) is 71.6 Å². The molecule has 5 rings (SSSR count). The van der Waals surface area contributed by atoms with E-state index in [9.17, 15) is 13.2 Å². The molecule has 0 atom stereocenters. The van der Waals surface area contributed by atoms with Crippen molar-refractivity contribution in [1.82, 2.24) is 14.9 Å². The molecule has 1 aliphatic rings. The van der Waals surface area contributed by atoms with Crippen molar-refractivity contribution in [3.8, 4) is 5.75 Å². The van der Waals surface area contributed by atoms with E-state index in [-0.39, 0.29) is 39.2 Å². The third-order valence-corrected chi connectivity index (χ3v) is 11.3. The van der Waals surface area contributed by atoms with E-state index in [1.165, 1.54) is 11.6 Å². The number of hydrogen-bond acceptors (Lipinski definition) is 10. The van der Waals surface area contributed by atoms with Gasteiger partial charge in [0.2, 0.25) is 5.95 Å². The molecular formula is C38H46ClN5O5S. The summed E-state index contributed by atoms with van der Waals surface area (Å²) in [5, 5.41) is 5.65. The highest BCUT2D eigenvalue weighted by atomic mass is 35.5. The minimum Gasteiger partial charge on any atom is -0.489 e. The fourth-order valence-electron chi connectivity index (χ4n) is 6.12. The first kappa shape index (κ1) is 37.2. The van der Waals surface area contributed by atoms with Gasteiger partial charge in [0.1, 0.15) is 22.3 Å². The molecule has 2 N–H and O–H groups in total. The first-order chi connectivity index (χ1) is 23.9. The Morgan fingerprint density at radius 3 is 2.30 bits per heavy atom. The third-order valence-electron chi connectivity index (χ3n) is 8.81. The van der Waals surface area contributed by atoms with E-state index in [0.717, 1.165) is 44.6 Å². The number of carbonyl (C=O) groups excluding carboxylic acids is 1. The number of aromatic nitrogens is 2. The third kappa shape index (κ3) is 8.63. The van der Waals surface area contributed by atoms with Crippen LogP contribution in [-0.4, -0.2) is 73.8 Å². The van der Waals surface area contributed by atoms with Gasteiger partial charge in [-0.15, -0.1) is 0 Å². The maximum absolute atomic E-state index is 13.8. The highest BCUT2D eigenvalue weighted by Gasteiger charge is 2.27. The number of anilines is 4. The molecule has 50 heavy (non-hydrogen) atoms. The van der Waals surface area contributed by atoms with Crippen LogP contribution in [0.25, 0.3) is 0 Å². The smallest absolute Gasteiger partial charge is 0.230 e. The number of ketones is 1. The van der Waals surface area contributed by atoms with Gasteiger partial charge in [0.05, 0.1) is 34.2 Å². The van der Waals surface area contributed by atoms with Gasteiger partial charge < -0.3 is 25.0 Å². The van der Waals surface area contributed by atoms with Crippen molar-refractivity contribution >= 4 is 50.4 Å². The molecule has 4 aromatic rings. The summed E-state index contributed by atoms with van der Waals surface area (Å²) in [7, 11) is -1.96. The zero-order chi connectivity index (χ0) is 36.0. The molecule has 10 nitrogen and oxygen atoms in total. The summed E-state index contributed by atoms with van der Waals surface area (Å²) >= 11 is 6.80. The molecule has 266 valence electrons. The van der Waals surface area contributed by atoms with E-state index >= 15 is 0 Å². The first-order valence-electron chi connectivity index (χ1n) is 17.0. The van der Waals surface area contributed by atoms with Crippen LogP contribution < -0.4 is 15.4 Å². The van der Waals surface area contributed by atoms with E-state index in [4.69, 9.17) is 26.1 Å². The number of methoxy groups -OCH3 is 1. The Hall–Kier alpha value is -4.03. The first-order valence-corrected chi connectivity index (χ1v) is 18.9. The largest absolute Gasteiger partial charge is 0.489 e. The molecule has 0 aliphatic carbocycles. The second kappa shape index (κ2) is 16.3. The molecule has 0 spiro atoms. The van der Waals surface area contributed by atoms with Crippen LogP contribution >= 0.6 is 11.6 Å². The predicted molar refractivity (Wildman–Crippen MR) is 199 cm³/mol. The lowest BCUT2D eigenvalue weighted by Gasteiger charge is -2.33. The Bertz CT molecular complexity index is 1910. The number of likely N-dealkylation sites (tertiary alicyclic amines) is 1. The van der Waals surface area contributed by atoms with Crippen LogP contribution in [0.1, 0.15) is 73.5 Å². The second-order valence-corrected chi connectivity index (χ2v) is 15.9. The number of nitrogens with zero attached hydrogens (tertiary/aromatic N) is 3. The number of piperidine rings is 1. The summed E-state index contributed by atoms with van der Waals surface area (Å²) in [5.74, 6) is 0.802. The SMILES string of the molecule is COCCN1CCC(c2cc(OC(C)C)c(Nc3nc(Cl)c(C(=O)c4ccccc4)c(Nc4ccccc4S(=O)(=O)C(C)C)n3)cc2C)CC1. The summed E-state index contributed by atoms with van der Waals surface area (Å²) in [5.41, 5.74) is 3.65. The Balaban J connectivity index is 1.55. The van der Waals surface area contributed by atoms with Gasteiger partial charge in [-0.05, 0) is 102 Å². The molecule has 0 radical (unpaired) electrons. The molecule has 0 bridgehead atoms. The lowest BCUT2D eigenvalue weighted by Crippen LogP contribution is -2.35. The molecule has 0 saturated carbocycles. The van der Waals surface area contributed by atoms with Crippen molar-refractivity contribution in [3.05, 3.63) is 94.1 Å². The van der Waals surface area contributed by atoms with Gasteiger partial charge in [-0.2, -0.15) is 9.97 Å². The number of rotatable bonds is 14. The predicted octanol–water partition coefficient (Wildman–Crippen LogP) is 7.95. The molecule has 0 unspecified atom stereocenters. The zero-order valence-corrected chi connectivity index (χ0v) is 31.1. The van der Waals surface area contributed by atoms with Gasteiger partial charge in [0, 0.05) is 19.2 Å². The van der Waals surface area contributed by atoms with Crippen molar-refractivity contribution in [1.29, 1.82) is 0 Å². The van der Waals surface area contributed by atoms with Gasteiger partial charge in [0.25, 0.3) is 0 Å². The summed E-state index contributed by atoms with van der Waals surface area (Å²) in [6, 6.07) is 19.3. The fraction of sp³-hybridized carbons (Fsp3) is 0.395. The van der Waals surface area contributed by atoms with Crippen LogP contribution in [0.3, 0.4) is 0 Å². The fourth-order valence-corrected chi connectivity index (χ4v) is 7.57. The minimum absolute atomic E-state index is 0.0159. The molecule has 1 fully saturated rings. The monoisotopic (exact) mass is 719 g/mol. The highest BCUT2D eigenvalue weighted by molar-refractivity contribution is 7.92. The van der Waals surface area contributed by atoms with E-state index < -0.39 is 20.9 Å². The number of aryl methyl sites for hydroxylation is 1. The van der Waals surface area contributed by atoms with Crippen molar-refractivity contribution in [2.45, 2.75) is 69.6 Å². The summed E-state index contributed by atoms with van der Waals surface area (Å²) < 4.78 is 38.2. The molecule has 12 heteroatoms. The Morgan fingerprint density at radius 1 is 0.960 bits per heavy atom. The topological polar surface area (TPSA) is 123 Å². The van der Waals surface area contributed by atoms with Gasteiger partial charge >= 0.3 is 0 Å². The summed E-state index contributed by atoms with van der Waals surface area (Å²) in [6.45, 7) is 12.9. The molecule has 1 saturated heterocycles. The maximum Gasteiger partial charge on any atom is 0.230 e. The number of nitrogens with one attached hydrogen (secondary N) is 2. The van der Waals surface area contributed by atoms with Gasteiger partial charge in [0.15, 0.2) is 15.6 Å². The average Bonchev–Trinajstić information content (AvgIpc) is 3.08. The Labute approximate surface area is 300 Å². The van der Waals surface area contributed by atoms with Crippen LogP contribution in [0.5, 0.6) is 5.75 Å². The molecule has 1 aliphatic heterocycles. The standard InChI is InChI=1S/C38H46ClN5O5S/c1-24(2)49-32-23-29(27-16-18-44(19-17-27)20-21-48-6)26(5)22-31(32)41-38-42-36(39)34(35(45)28-12-8-7-9-13-28)37(43-38)40-30-14-10-11-15-33(30)50(46,47)25(3)4/h7-15,22-25,27H,16-21H2,1-6H3,(H2,40,41,42,43). The lowest BCUT2D eigenvalue weighted by molar-refractivity contribution is 0.103. The van der Waals surface area contributed by atoms with Crippen molar-refractivity contribution in [2.24, 2.45) is 0 Å². The quantitative estimate of drug-likeness (QED) is 0.0981. The zero-order valence-electron chi connectivity index (χ0n) is 29.5. The van der Waals surface area contributed by atoms with Gasteiger partial charge in [-0.3, -0.25) is 4.79 Å². The highest BCUT2D eigenvalue weighted by Crippen LogP contribution is 2.39.